The maximum Gasteiger partial charge on any atom is 0.241 e. The van der Waals surface area contributed by atoms with E-state index in [9.17, 15) is 18.4 Å². The topological polar surface area (TPSA) is 61.4 Å². The van der Waals surface area contributed by atoms with Gasteiger partial charge >= 0.3 is 0 Å². The summed E-state index contributed by atoms with van der Waals surface area (Å²) in [6.07, 6.45) is 0. The fourth-order valence-corrected chi connectivity index (χ4v) is 1.99. The quantitative estimate of drug-likeness (QED) is 0.821. The van der Waals surface area contributed by atoms with Gasteiger partial charge in [0, 0.05) is 31.8 Å². The molecular formula is C13H15F2N3O2. The molecule has 2 N–H and O–H groups in total. The van der Waals surface area contributed by atoms with Gasteiger partial charge in [-0.15, -0.1) is 0 Å². The molecule has 1 aromatic carbocycles. The highest BCUT2D eigenvalue weighted by Gasteiger charge is 2.26. The van der Waals surface area contributed by atoms with Gasteiger partial charge in [0.2, 0.25) is 11.8 Å². The van der Waals surface area contributed by atoms with E-state index in [2.05, 4.69) is 10.6 Å². The highest BCUT2D eigenvalue weighted by atomic mass is 19.1. The Labute approximate surface area is 114 Å². The van der Waals surface area contributed by atoms with Gasteiger partial charge in [-0.25, -0.2) is 8.78 Å². The smallest absolute Gasteiger partial charge is 0.241 e. The van der Waals surface area contributed by atoms with Crippen molar-refractivity contribution in [1.82, 2.24) is 15.5 Å². The fourth-order valence-electron chi connectivity index (χ4n) is 1.99. The van der Waals surface area contributed by atoms with E-state index in [1.807, 2.05) is 0 Å². The second-order valence-corrected chi connectivity index (χ2v) is 4.67. The summed E-state index contributed by atoms with van der Waals surface area (Å²) in [5.41, 5.74) is 0.238. The van der Waals surface area contributed by atoms with Crippen molar-refractivity contribution in [2.24, 2.45) is 0 Å². The minimum Gasteiger partial charge on any atom is -0.353 e. The Bertz CT molecular complexity index is 526. The van der Waals surface area contributed by atoms with E-state index < -0.39 is 17.7 Å². The number of benzene rings is 1. The summed E-state index contributed by atoms with van der Waals surface area (Å²) in [6, 6.07) is 2.72. The molecule has 0 aliphatic carbocycles. The monoisotopic (exact) mass is 283 g/mol. The Morgan fingerprint density at radius 2 is 2.20 bits per heavy atom. The molecule has 20 heavy (non-hydrogen) atoms. The summed E-state index contributed by atoms with van der Waals surface area (Å²) < 4.78 is 26.3. The van der Waals surface area contributed by atoms with Crippen LogP contribution < -0.4 is 10.6 Å². The van der Waals surface area contributed by atoms with E-state index in [0.717, 1.165) is 12.1 Å². The Hall–Kier alpha value is -2.02. The summed E-state index contributed by atoms with van der Waals surface area (Å²) in [5.74, 6) is -1.76. The molecule has 108 valence electrons. The lowest BCUT2D eigenvalue weighted by atomic mass is 10.1. The van der Waals surface area contributed by atoms with Crippen LogP contribution in [0.4, 0.5) is 8.78 Å². The molecule has 0 spiro atoms. The van der Waals surface area contributed by atoms with Gasteiger partial charge in [0.15, 0.2) is 0 Å². The number of carbonyl (C=O) groups is 2. The normalized spacial score (nSPS) is 18.6. The molecule has 1 aliphatic heterocycles. The number of amides is 2. The first-order valence-electron chi connectivity index (χ1n) is 6.16. The predicted octanol–water partition coefficient (Wildman–Crippen LogP) is 0.0112. The minimum atomic E-state index is -0.686. The number of piperazine rings is 1. The molecule has 7 heteroatoms. The van der Waals surface area contributed by atoms with Gasteiger partial charge in [0.1, 0.15) is 17.7 Å². The van der Waals surface area contributed by atoms with E-state index in [4.69, 9.17) is 0 Å². The molecule has 1 saturated heterocycles. The molecule has 5 nitrogen and oxygen atoms in total. The molecule has 0 aromatic heterocycles. The molecule has 0 saturated carbocycles. The van der Waals surface area contributed by atoms with Crippen molar-refractivity contribution in [1.29, 1.82) is 0 Å². The maximum atomic E-state index is 13.5. The summed E-state index contributed by atoms with van der Waals surface area (Å²) in [5, 5.41) is 5.38. The van der Waals surface area contributed by atoms with Crippen molar-refractivity contribution in [2.75, 3.05) is 20.1 Å². The van der Waals surface area contributed by atoms with Gasteiger partial charge in [-0.3, -0.25) is 14.9 Å². The van der Waals surface area contributed by atoms with Crippen LogP contribution in [0.5, 0.6) is 0 Å². The number of likely N-dealkylation sites (N-methyl/N-ethyl adjacent to an activating group) is 1. The summed E-state index contributed by atoms with van der Waals surface area (Å²) in [7, 11) is 1.53. The van der Waals surface area contributed by atoms with Crippen molar-refractivity contribution in [3.05, 3.63) is 35.4 Å². The van der Waals surface area contributed by atoms with Crippen molar-refractivity contribution in [3.63, 3.8) is 0 Å². The molecule has 1 unspecified atom stereocenters. The zero-order valence-corrected chi connectivity index (χ0v) is 11.0. The molecule has 0 radical (unpaired) electrons. The minimum absolute atomic E-state index is 0.0388. The van der Waals surface area contributed by atoms with Crippen LogP contribution >= 0.6 is 0 Å². The molecule has 0 bridgehead atoms. The highest BCUT2D eigenvalue weighted by molar-refractivity contribution is 5.86. The molecule has 1 atom stereocenters. The first-order valence-corrected chi connectivity index (χ1v) is 6.16. The number of carbonyl (C=O) groups excluding carboxylic acids is 2. The number of nitrogens with one attached hydrogen (secondary N) is 2. The van der Waals surface area contributed by atoms with Crippen molar-refractivity contribution < 1.29 is 18.4 Å². The third-order valence-electron chi connectivity index (χ3n) is 3.11. The average molecular weight is 283 g/mol. The Morgan fingerprint density at radius 3 is 2.80 bits per heavy atom. The third kappa shape index (κ3) is 3.30. The van der Waals surface area contributed by atoms with Crippen LogP contribution in [0.25, 0.3) is 0 Å². The Kier molecular flexibility index (Phi) is 4.29. The first kappa shape index (κ1) is 14.4. The fraction of sp³-hybridized carbons (Fsp3) is 0.385. The van der Waals surface area contributed by atoms with Crippen LogP contribution in [0.1, 0.15) is 5.56 Å². The van der Waals surface area contributed by atoms with Crippen molar-refractivity contribution in [3.8, 4) is 0 Å². The van der Waals surface area contributed by atoms with Crippen LogP contribution in [-0.2, 0) is 16.1 Å². The molecular weight excluding hydrogens is 268 g/mol. The zero-order valence-electron chi connectivity index (χ0n) is 11.0. The Morgan fingerprint density at radius 1 is 1.45 bits per heavy atom. The van der Waals surface area contributed by atoms with Gasteiger partial charge in [-0.1, -0.05) is 6.07 Å². The second kappa shape index (κ2) is 5.96. The lowest BCUT2D eigenvalue weighted by Crippen LogP contribution is -2.58. The van der Waals surface area contributed by atoms with Crippen LogP contribution in [0.2, 0.25) is 0 Å². The zero-order chi connectivity index (χ0) is 14.7. The van der Waals surface area contributed by atoms with Gasteiger partial charge in [0.25, 0.3) is 0 Å². The largest absolute Gasteiger partial charge is 0.353 e. The SMILES string of the molecule is CN(Cc1ccc(F)cc1F)C(=O)C1CNC(=O)CN1. The standard InChI is InChI=1S/C13H15F2N3O2/c1-18(7-8-2-3-9(14)4-10(8)15)13(20)11-5-17-12(19)6-16-11/h2-4,11,16H,5-7H2,1H3,(H,17,19). The van der Waals surface area contributed by atoms with E-state index in [1.165, 1.54) is 18.0 Å². The predicted molar refractivity (Wildman–Crippen MR) is 67.6 cm³/mol. The Balaban J connectivity index is 1.98. The first-order chi connectivity index (χ1) is 9.47. The summed E-state index contributed by atoms with van der Waals surface area (Å²) in [6.45, 7) is 0.320. The van der Waals surface area contributed by atoms with Crippen molar-refractivity contribution in [2.45, 2.75) is 12.6 Å². The molecule has 1 heterocycles. The van der Waals surface area contributed by atoms with E-state index in [-0.39, 0.29) is 37.0 Å². The average Bonchev–Trinajstić information content (AvgIpc) is 2.42. The van der Waals surface area contributed by atoms with E-state index >= 15 is 0 Å². The molecule has 1 fully saturated rings. The number of rotatable bonds is 3. The maximum absolute atomic E-state index is 13.5. The lowest BCUT2D eigenvalue weighted by Gasteiger charge is -2.27. The molecule has 2 rings (SSSR count). The highest BCUT2D eigenvalue weighted by Crippen LogP contribution is 2.12. The second-order valence-electron chi connectivity index (χ2n) is 4.67. The van der Waals surface area contributed by atoms with Crippen LogP contribution in [0, 0.1) is 11.6 Å². The van der Waals surface area contributed by atoms with Gasteiger partial charge in [-0.2, -0.15) is 0 Å². The van der Waals surface area contributed by atoms with E-state index in [1.54, 1.807) is 0 Å². The number of nitrogens with zero attached hydrogens (tertiary/aromatic N) is 1. The van der Waals surface area contributed by atoms with Crippen LogP contribution in [0.3, 0.4) is 0 Å². The number of hydrogen-bond acceptors (Lipinski definition) is 3. The van der Waals surface area contributed by atoms with Gasteiger partial charge in [-0.05, 0) is 6.07 Å². The van der Waals surface area contributed by atoms with Gasteiger partial charge < -0.3 is 10.2 Å². The summed E-state index contributed by atoms with van der Waals surface area (Å²) in [4.78, 5) is 24.4. The van der Waals surface area contributed by atoms with Crippen molar-refractivity contribution >= 4 is 11.8 Å². The third-order valence-corrected chi connectivity index (χ3v) is 3.11. The lowest BCUT2D eigenvalue weighted by molar-refractivity contribution is -0.134. The number of halogens is 2. The molecule has 1 aromatic rings. The van der Waals surface area contributed by atoms with Crippen LogP contribution in [-0.4, -0.2) is 42.9 Å². The molecule has 2 amide bonds. The summed E-state index contributed by atoms with van der Waals surface area (Å²) >= 11 is 0. The number of hydrogen-bond donors (Lipinski definition) is 2. The molecule has 1 aliphatic rings. The van der Waals surface area contributed by atoms with E-state index in [0.29, 0.717) is 0 Å². The van der Waals surface area contributed by atoms with Gasteiger partial charge in [0.05, 0.1) is 6.54 Å². The van der Waals surface area contributed by atoms with Crippen LogP contribution in [0.15, 0.2) is 18.2 Å².